The number of aliphatic hydroxyl groups excluding tert-OH is 1. The number of hydrogen-bond acceptors (Lipinski definition) is 4. The molecule has 0 saturated carbocycles. The second-order valence-electron chi connectivity index (χ2n) is 5.78. The highest BCUT2D eigenvalue weighted by Gasteiger charge is 2.15. The number of benzene rings is 1. The van der Waals surface area contributed by atoms with Gasteiger partial charge >= 0.3 is 0 Å². The van der Waals surface area contributed by atoms with Crippen molar-refractivity contribution in [3.05, 3.63) is 23.8 Å². The van der Waals surface area contributed by atoms with Crippen molar-refractivity contribution in [2.24, 2.45) is 0 Å². The average Bonchev–Trinajstić information content (AvgIpc) is 3.04. The molecule has 5 nitrogen and oxygen atoms in total. The molecule has 1 fully saturated rings. The van der Waals surface area contributed by atoms with Crippen molar-refractivity contribution in [2.75, 3.05) is 43.4 Å². The molecule has 0 aliphatic carbocycles. The fourth-order valence-corrected chi connectivity index (χ4v) is 2.99. The largest absolute Gasteiger partial charge is 0.397 e. The molecule has 0 radical (unpaired) electrons. The minimum absolute atomic E-state index is 0.0110. The summed E-state index contributed by atoms with van der Waals surface area (Å²) in [6.07, 6.45) is 3.60. The van der Waals surface area contributed by atoms with Crippen molar-refractivity contribution in [3.63, 3.8) is 0 Å². The number of aliphatic hydroxyl groups is 1. The number of nitrogen functional groups attached to an aromatic ring is 1. The van der Waals surface area contributed by atoms with Crippen LogP contribution < -0.4 is 10.6 Å². The van der Waals surface area contributed by atoms with Gasteiger partial charge in [-0.3, -0.25) is 4.79 Å². The van der Waals surface area contributed by atoms with Crippen molar-refractivity contribution < 1.29 is 9.90 Å². The van der Waals surface area contributed by atoms with Crippen molar-refractivity contribution in [1.29, 1.82) is 0 Å². The fourth-order valence-electron chi connectivity index (χ4n) is 2.99. The zero-order chi connectivity index (χ0) is 15.9. The molecule has 1 aromatic rings. The highest BCUT2D eigenvalue weighted by molar-refractivity contribution is 5.76. The summed E-state index contributed by atoms with van der Waals surface area (Å²) < 4.78 is 0. The number of carbonyl (C=O) groups is 1. The number of rotatable bonds is 7. The van der Waals surface area contributed by atoms with Gasteiger partial charge in [-0.25, -0.2) is 0 Å². The maximum absolute atomic E-state index is 12.1. The van der Waals surface area contributed by atoms with E-state index in [1.54, 1.807) is 4.90 Å². The number of anilines is 2. The van der Waals surface area contributed by atoms with Gasteiger partial charge in [0.2, 0.25) is 5.91 Å². The van der Waals surface area contributed by atoms with Crippen molar-refractivity contribution >= 4 is 17.3 Å². The predicted octanol–water partition coefficient (Wildman–Crippen LogP) is 1.64. The van der Waals surface area contributed by atoms with E-state index in [1.807, 2.05) is 13.0 Å². The summed E-state index contributed by atoms with van der Waals surface area (Å²) >= 11 is 0. The van der Waals surface area contributed by atoms with E-state index in [0.29, 0.717) is 25.9 Å². The van der Waals surface area contributed by atoms with Crippen LogP contribution in [0.1, 0.15) is 31.7 Å². The van der Waals surface area contributed by atoms with Crippen LogP contribution in [-0.2, 0) is 11.2 Å². The van der Waals surface area contributed by atoms with Crippen LogP contribution in [0.4, 0.5) is 11.4 Å². The Balaban J connectivity index is 1.93. The van der Waals surface area contributed by atoms with Crippen LogP contribution in [0.3, 0.4) is 0 Å². The zero-order valence-corrected chi connectivity index (χ0v) is 13.4. The van der Waals surface area contributed by atoms with Crippen LogP contribution in [0.25, 0.3) is 0 Å². The summed E-state index contributed by atoms with van der Waals surface area (Å²) in [6, 6.07) is 6.13. The van der Waals surface area contributed by atoms with Gasteiger partial charge in [0.05, 0.1) is 18.0 Å². The SMILES string of the molecule is CCN(CCO)C(=O)CCc1ccc(N2CCCC2)c(N)c1. The van der Waals surface area contributed by atoms with Crippen LogP contribution >= 0.6 is 0 Å². The molecule has 0 aromatic heterocycles. The first-order chi connectivity index (χ1) is 10.7. The molecule has 22 heavy (non-hydrogen) atoms. The average molecular weight is 305 g/mol. The lowest BCUT2D eigenvalue weighted by Crippen LogP contribution is -2.33. The van der Waals surface area contributed by atoms with Crippen LogP contribution in [-0.4, -0.2) is 48.7 Å². The first-order valence-corrected chi connectivity index (χ1v) is 8.17. The van der Waals surface area contributed by atoms with Crippen molar-refractivity contribution in [2.45, 2.75) is 32.6 Å². The van der Waals surface area contributed by atoms with Crippen LogP contribution in [0.5, 0.6) is 0 Å². The Morgan fingerprint density at radius 3 is 2.68 bits per heavy atom. The van der Waals surface area contributed by atoms with E-state index in [2.05, 4.69) is 17.0 Å². The van der Waals surface area contributed by atoms with Gasteiger partial charge in [-0.05, 0) is 43.9 Å². The Labute approximate surface area is 132 Å². The molecule has 1 saturated heterocycles. The van der Waals surface area contributed by atoms with Crippen LogP contribution in [0.15, 0.2) is 18.2 Å². The molecule has 2 rings (SSSR count). The number of aryl methyl sites for hydroxylation is 1. The summed E-state index contributed by atoms with van der Waals surface area (Å²) in [7, 11) is 0. The fraction of sp³-hybridized carbons (Fsp3) is 0.588. The first-order valence-electron chi connectivity index (χ1n) is 8.17. The van der Waals surface area contributed by atoms with E-state index in [4.69, 9.17) is 10.8 Å². The molecule has 0 bridgehead atoms. The summed E-state index contributed by atoms with van der Waals surface area (Å²) in [5, 5.41) is 8.96. The molecule has 0 unspecified atom stereocenters. The molecular formula is C17H27N3O2. The molecule has 0 spiro atoms. The maximum atomic E-state index is 12.1. The standard InChI is InChI=1S/C17H27N3O2/c1-2-19(11-12-21)17(22)8-6-14-5-7-16(15(18)13-14)20-9-3-4-10-20/h5,7,13,21H,2-4,6,8-12,18H2,1H3. The Kier molecular flexibility index (Phi) is 6.07. The highest BCUT2D eigenvalue weighted by atomic mass is 16.3. The normalized spacial score (nSPS) is 14.4. The van der Waals surface area contributed by atoms with Crippen LogP contribution in [0.2, 0.25) is 0 Å². The molecule has 5 heteroatoms. The smallest absolute Gasteiger partial charge is 0.222 e. The first kappa shape index (κ1) is 16.6. The van der Waals surface area contributed by atoms with Gasteiger partial charge in [-0.15, -0.1) is 0 Å². The predicted molar refractivity (Wildman–Crippen MR) is 90.0 cm³/mol. The third-order valence-corrected chi connectivity index (χ3v) is 4.27. The molecule has 3 N–H and O–H groups in total. The van der Waals surface area contributed by atoms with Crippen molar-refractivity contribution in [1.82, 2.24) is 4.90 Å². The Morgan fingerprint density at radius 1 is 1.36 bits per heavy atom. The van der Waals surface area contributed by atoms with E-state index in [-0.39, 0.29) is 12.5 Å². The Morgan fingerprint density at radius 2 is 2.09 bits per heavy atom. The minimum Gasteiger partial charge on any atom is -0.397 e. The van der Waals surface area contributed by atoms with E-state index < -0.39 is 0 Å². The topological polar surface area (TPSA) is 69.8 Å². The number of carbonyl (C=O) groups excluding carboxylic acids is 1. The number of likely N-dealkylation sites (N-methyl/N-ethyl adjacent to an activating group) is 1. The van der Waals surface area contributed by atoms with E-state index in [0.717, 1.165) is 30.0 Å². The maximum Gasteiger partial charge on any atom is 0.222 e. The van der Waals surface area contributed by atoms with E-state index in [9.17, 15) is 4.79 Å². The summed E-state index contributed by atoms with van der Waals surface area (Å²) in [5.74, 6) is 0.0822. The number of amides is 1. The Hall–Kier alpha value is -1.75. The molecule has 0 atom stereocenters. The molecule has 1 aliphatic rings. The number of nitrogens with zero attached hydrogens (tertiary/aromatic N) is 2. The van der Waals surface area contributed by atoms with Gasteiger partial charge in [0.15, 0.2) is 0 Å². The summed E-state index contributed by atoms with van der Waals surface area (Å²) in [4.78, 5) is 16.1. The summed E-state index contributed by atoms with van der Waals surface area (Å²) in [5.41, 5.74) is 9.18. The minimum atomic E-state index is 0.0110. The highest BCUT2D eigenvalue weighted by Crippen LogP contribution is 2.27. The lowest BCUT2D eigenvalue weighted by atomic mass is 10.1. The van der Waals surface area contributed by atoms with Gasteiger partial charge in [0.25, 0.3) is 0 Å². The quantitative estimate of drug-likeness (QED) is 0.751. The van der Waals surface area contributed by atoms with Crippen LogP contribution in [0, 0.1) is 0 Å². The molecule has 1 aromatic carbocycles. The van der Waals surface area contributed by atoms with E-state index in [1.165, 1.54) is 12.8 Å². The van der Waals surface area contributed by atoms with Gasteiger partial charge < -0.3 is 20.6 Å². The number of hydrogen-bond donors (Lipinski definition) is 2. The van der Waals surface area contributed by atoms with Gasteiger partial charge in [0, 0.05) is 32.6 Å². The molecule has 122 valence electrons. The summed E-state index contributed by atoms with van der Waals surface area (Å²) in [6.45, 7) is 5.14. The molecule has 1 amide bonds. The van der Waals surface area contributed by atoms with Gasteiger partial charge in [-0.2, -0.15) is 0 Å². The Bertz CT molecular complexity index is 499. The zero-order valence-electron chi connectivity index (χ0n) is 13.4. The van der Waals surface area contributed by atoms with E-state index >= 15 is 0 Å². The number of nitrogens with two attached hydrogens (primary N) is 1. The second kappa shape index (κ2) is 8.03. The van der Waals surface area contributed by atoms with Crippen molar-refractivity contribution in [3.8, 4) is 0 Å². The van der Waals surface area contributed by atoms with Gasteiger partial charge in [-0.1, -0.05) is 6.07 Å². The molecule has 1 aliphatic heterocycles. The lowest BCUT2D eigenvalue weighted by molar-refractivity contribution is -0.131. The monoisotopic (exact) mass is 305 g/mol. The van der Waals surface area contributed by atoms with Gasteiger partial charge in [0.1, 0.15) is 0 Å². The third kappa shape index (κ3) is 4.13. The lowest BCUT2D eigenvalue weighted by Gasteiger charge is -2.21. The molecular weight excluding hydrogens is 278 g/mol. The third-order valence-electron chi connectivity index (χ3n) is 4.27. The molecule has 1 heterocycles. The second-order valence-corrected chi connectivity index (χ2v) is 5.78.